The molecule has 0 saturated heterocycles. The zero-order valence-electron chi connectivity index (χ0n) is 25.4. The van der Waals surface area contributed by atoms with Gasteiger partial charge in [0.05, 0.1) is 6.61 Å². The summed E-state index contributed by atoms with van der Waals surface area (Å²) < 4.78 is 5.34. The molecule has 0 aliphatic heterocycles. The highest BCUT2D eigenvalue weighted by Gasteiger charge is 2.43. The van der Waals surface area contributed by atoms with Crippen molar-refractivity contribution in [3.63, 3.8) is 0 Å². The van der Waals surface area contributed by atoms with E-state index in [1.807, 2.05) is 95.3 Å². The van der Waals surface area contributed by atoms with Gasteiger partial charge in [0, 0.05) is 11.2 Å². The molecule has 0 saturated carbocycles. The number of aliphatic hydroxyl groups excluding tert-OH is 1. The summed E-state index contributed by atoms with van der Waals surface area (Å²) in [7, 11) is 0. The molecule has 3 rings (SSSR count). The minimum atomic E-state index is -1.32. The molecule has 3 aromatic carbocycles. The van der Waals surface area contributed by atoms with Crippen LogP contribution in [0.3, 0.4) is 0 Å². The van der Waals surface area contributed by atoms with Crippen LogP contribution >= 0.6 is 0 Å². The summed E-state index contributed by atoms with van der Waals surface area (Å²) in [5, 5.41) is 17.8. The Bertz CT molecular complexity index is 1410. The first-order chi connectivity index (χ1) is 19.2. The molecule has 3 aromatic rings. The average molecular weight is 562 g/mol. The van der Waals surface area contributed by atoms with E-state index in [1.165, 1.54) is 4.90 Å². The van der Waals surface area contributed by atoms with Crippen LogP contribution in [0.2, 0.25) is 0 Å². The first kappa shape index (κ1) is 31.6. The van der Waals surface area contributed by atoms with E-state index < -0.39 is 47.7 Å². The normalized spacial score (nSPS) is 13.3. The van der Waals surface area contributed by atoms with Gasteiger partial charge in [-0.05, 0) is 94.5 Å². The molecule has 41 heavy (non-hydrogen) atoms. The first-order valence-corrected chi connectivity index (χ1v) is 14.0. The van der Waals surface area contributed by atoms with E-state index in [2.05, 4.69) is 10.6 Å². The molecule has 0 fully saturated rings. The number of hydrogen-bond donors (Lipinski definition) is 3. The lowest BCUT2D eigenvalue weighted by Gasteiger charge is -2.44. The quantitative estimate of drug-likeness (QED) is 0.295. The van der Waals surface area contributed by atoms with Crippen LogP contribution in [0.15, 0.2) is 60.7 Å². The molecule has 0 spiro atoms. The molecule has 3 N–H and O–H groups in total. The molecule has 0 aliphatic rings. The van der Waals surface area contributed by atoms with E-state index in [0.29, 0.717) is 17.7 Å². The lowest BCUT2D eigenvalue weighted by Crippen LogP contribution is -2.59. The van der Waals surface area contributed by atoms with Crippen molar-refractivity contribution in [1.29, 1.82) is 0 Å². The first-order valence-electron chi connectivity index (χ1n) is 14.0. The molecular weight excluding hydrogens is 518 g/mol. The summed E-state index contributed by atoms with van der Waals surface area (Å²) in [4.78, 5) is 42.5. The predicted molar refractivity (Wildman–Crippen MR) is 163 cm³/mol. The Balaban J connectivity index is 2.09. The van der Waals surface area contributed by atoms with E-state index in [9.17, 15) is 19.5 Å². The summed E-state index contributed by atoms with van der Waals surface area (Å²) in [6, 6.07) is 16.8. The summed E-state index contributed by atoms with van der Waals surface area (Å²) in [6.07, 6.45) is -0.323. The molecule has 2 unspecified atom stereocenters. The number of amides is 3. The molecule has 220 valence electrons. The third-order valence-electron chi connectivity index (χ3n) is 7.30. The number of benzene rings is 3. The lowest BCUT2D eigenvalue weighted by atomic mass is 9.91. The third-order valence-corrected chi connectivity index (χ3v) is 7.30. The Morgan fingerprint density at radius 1 is 0.902 bits per heavy atom. The minimum Gasteiger partial charge on any atom is -0.444 e. The molecule has 8 heteroatoms. The van der Waals surface area contributed by atoms with Crippen molar-refractivity contribution in [3.8, 4) is 0 Å². The number of hydrogen-bond acceptors (Lipinski definition) is 5. The smallest absolute Gasteiger partial charge is 0.408 e. The Hall–Kier alpha value is -3.91. The second-order valence-electron chi connectivity index (χ2n) is 12.1. The number of alkyl carbamates (subject to hydrolysis) is 1. The van der Waals surface area contributed by atoms with Crippen molar-refractivity contribution < 1.29 is 24.2 Å². The maximum absolute atomic E-state index is 14.2. The number of carbonyl (C=O) groups excluding carboxylic acids is 3. The van der Waals surface area contributed by atoms with Crippen molar-refractivity contribution in [2.24, 2.45) is 0 Å². The number of aliphatic hydroxyl groups is 1. The molecule has 0 aliphatic carbocycles. The van der Waals surface area contributed by atoms with Crippen molar-refractivity contribution in [3.05, 3.63) is 77.4 Å². The van der Waals surface area contributed by atoms with Gasteiger partial charge in [0.25, 0.3) is 5.91 Å². The van der Waals surface area contributed by atoms with Crippen LogP contribution in [-0.4, -0.2) is 51.7 Å². The summed E-state index contributed by atoms with van der Waals surface area (Å²) in [5.41, 5.74) is 1.61. The van der Waals surface area contributed by atoms with Gasteiger partial charge < -0.3 is 25.4 Å². The van der Waals surface area contributed by atoms with Crippen molar-refractivity contribution >= 4 is 34.4 Å². The van der Waals surface area contributed by atoms with Gasteiger partial charge in [-0.2, -0.15) is 0 Å². The fourth-order valence-electron chi connectivity index (χ4n) is 4.58. The van der Waals surface area contributed by atoms with Crippen LogP contribution in [0.5, 0.6) is 0 Å². The van der Waals surface area contributed by atoms with E-state index in [0.717, 1.165) is 21.9 Å². The van der Waals surface area contributed by atoms with Gasteiger partial charge in [-0.3, -0.25) is 9.59 Å². The van der Waals surface area contributed by atoms with E-state index in [-0.39, 0.29) is 0 Å². The fourth-order valence-corrected chi connectivity index (χ4v) is 4.58. The van der Waals surface area contributed by atoms with Gasteiger partial charge in [-0.25, -0.2) is 4.79 Å². The highest BCUT2D eigenvalue weighted by atomic mass is 16.6. The minimum absolute atomic E-state index is 0.410. The third kappa shape index (κ3) is 7.85. The largest absolute Gasteiger partial charge is 0.444 e. The lowest BCUT2D eigenvalue weighted by molar-refractivity contribution is -0.148. The maximum atomic E-state index is 14.2. The number of carbonyl (C=O) groups is 3. The Kier molecular flexibility index (Phi) is 9.81. The zero-order valence-corrected chi connectivity index (χ0v) is 25.4. The molecule has 0 heterocycles. The Labute approximate surface area is 243 Å². The van der Waals surface area contributed by atoms with Gasteiger partial charge in [0.15, 0.2) is 0 Å². The van der Waals surface area contributed by atoms with Gasteiger partial charge in [0.2, 0.25) is 5.91 Å². The number of anilines is 1. The second kappa shape index (κ2) is 12.7. The number of rotatable bonds is 9. The van der Waals surface area contributed by atoms with Crippen LogP contribution < -0.4 is 10.6 Å². The Morgan fingerprint density at radius 2 is 1.56 bits per heavy atom. The number of fused-ring (bicyclic) bond motifs is 1. The van der Waals surface area contributed by atoms with Crippen molar-refractivity contribution in [2.45, 2.75) is 85.0 Å². The fraction of sp³-hybridized carbons (Fsp3) is 0.424. The monoisotopic (exact) mass is 561 g/mol. The average Bonchev–Trinajstić information content (AvgIpc) is 2.90. The van der Waals surface area contributed by atoms with Crippen LogP contribution in [0.1, 0.15) is 70.7 Å². The van der Waals surface area contributed by atoms with Crippen LogP contribution in [0, 0.1) is 13.8 Å². The molecule has 0 bridgehead atoms. The zero-order chi connectivity index (χ0) is 30.5. The van der Waals surface area contributed by atoms with Crippen molar-refractivity contribution in [2.75, 3.05) is 11.9 Å². The summed E-state index contributed by atoms with van der Waals surface area (Å²) in [6.45, 7) is 14.1. The van der Waals surface area contributed by atoms with Gasteiger partial charge in [0.1, 0.15) is 17.7 Å². The van der Waals surface area contributed by atoms with Crippen LogP contribution in [0.25, 0.3) is 10.8 Å². The van der Waals surface area contributed by atoms with E-state index >= 15 is 0 Å². The SMILES string of the molecule is CCC(C)(C)N(C(=O)C(CO)NC(=O)OC(C)(C)C)C(C(=O)Nc1ccc2ccccc2c1)c1ccc(C)c(C)c1. The maximum Gasteiger partial charge on any atom is 0.408 e. The van der Waals surface area contributed by atoms with Gasteiger partial charge in [-0.1, -0.05) is 55.5 Å². The molecule has 2 atom stereocenters. The topological polar surface area (TPSA) is 108 Å². The Morgan fingerprint density at radius 3 is 2.15 bits per heavy atom. The molecule has 8 nitrogen and oxygen atoms in total. The highest BCUT2D eigenvalue weighted by Crippen LogP contribution is 2.34. The van der Waals surface area contributed by atoms with Crippen molar-refractivity contribution in [1.82, 2.24) is 10.2 Å². The van der Waals surface area contributed by atoms with Crippen LogP contribution in [-0.2, 0) is 14.3 Å². The number of nitrogens with zero attached hydrogens (tertiary/aromatic N) is 1. The number of aryl methyl sites for hydroxylation is 2. The molecule has 3 amide bonds. The number of ether oxygens (including phenoxy) is 1. The number of nitrogens with one attached hydrogen (secondary N) is 2. The van der Waals surface area contributed by atoms with E-state index in [1.54, 1.807) is 20.8 Å². The predicted octanol–water partition coefficient (Wildman–Crippen LogP) is 6.04. The van der Waals surface area contributed by atoms with E-state index in [4.69, 9.17) is 4.74 Å². The standard InChI is InChI=1S/C33H43N3O5/c1-9-33(7,8)36(30(39)27(20-37)35-31(40)41-32(4,5)6)28(25-15-14-21(2)22(3)18-25)29(38)34-26-17-16-23-12-10-11-13-24(23)19-26/h10-19,27-28,37H,9,20H2,1-8H3,(H,34,38)(H,35,40). The van der Waals surface area contributed by atoms with Gasteiger partial charge in [-0.15, -0.1) is 0 Å². The second-order valence-corrected chi connectivity index (χ2v) is 12.1. The summed E-state index contributed by atoms with van der Waals surface area (Å²) >= 11 is 0. The molecule has 0 radical (unpaired) electrons. The summed E-state index contributed by atoms with van der Waals surface area (Å²) in [5.74, 6) is -1.01. The highest BCUT2D eigenvalue weighted by molar-refractivity contribution is 6.00. The van der Waals surface area contributed by atoms with Crippen LogP contribution in [0.4, 0.5) is 10.5 Å². The molecule has 0 aromatic heterocycles. The molecular formula is C33H43N3O5. The van der Waals surface area contributed by atoms with Gasteiger partial charge >= 0.3 is 6.09 Å².